The number of carbonyl (C=O) groups is 2. The molecule has 2 aromatic rings. The third-order valence-corrected chi connectivity index (χ3v) is 4.16. The maximum Gasteiger partial charge on any atom is 0.335 e. The number of rotatable bonds is 4. The van der Waals surface area contributed by atoms with Gasteiger partial charge in [-0.05, 0) is 36.6 Å². The van der Waals surface area contributed by atoms with Crippen molar-refractivity contribution in [3.8, 4) is 0 Å². The van der Waals surface area contributed by atoms with E-state index in [0.29, 0.717) is 18.6 Å². The van der Waals surface area contributed by atoms with Crippen molar-refractivity contribution < 1.29 is 19.4 Å². The molecule has 0 unspecified atom stereocenters. The lowest BCUT2D eigenvalue weighted by molar-refractivity contribution is 0.000904. The van der Waals surface area contributed by atoms with Crippen molar-refractivity contribution in [2.75, 3.05) is 6.61 Å². The number of amides is 1. The van der Waals surface area contributed by atoms with Gasteiger partial charge < -0.3 is 15.2 Å². The van der Waals surface area contributed by atoms with Crippen molar-refractivity contribution in [1.29, 1.82) is 0 Å². The fourth-order valence-electron chi connectivity index (χ4n) is 2.89. The topological polar surface area (TPSA) is 75.6 Å². The fraction of sp³-hybridized carbons (Fsp3) is 0.263. The van der Waals surface area contributed by atoms with Gasteiger partial charge in [0, 0.05) is 18.2 Å². The molecule has 0 saturated carbocycles. The molecule has 2 aromatic carbocycles. The van der Waals surface area contributed by atoms with Crippen LogP contribution in [0.15, 0.2) is 54.6 Å². The zero-order chi connectivity index (χ0) is 16.9. The summed E-state index contributed by atoms with van der Waals surface area (Å²) in [5.41, 5.74) is 1.57. The summed E-state index contributed by atoms with van der Waals surface area (Å²) in [4.78, 5) is 23.4. The van der Waals surface area contributed by atoms with Crippen LogP contribution in [0.25, 0.3) is 0 Å². The molecule has 5 nitrogen and oxygen atoms in total. The van der Waals surface area contributed by atoms with Crippen LogP contribution in [0.5, 0.6) is 0 Å². The Morgan fingerprint density at radius 3 is 2.54 bits per heavy atom. The summed E-state index contributed by atoms with van der Waals surface area (Å²) in [6, 6.07) is 16.0. The Kier molecular flexibility index (Phi) is 4.91. The van der Waals surface area contributed by atoms with Crippen molar-refractivity contribution >= 4 is 11.9 Å². The van der Waals surface area contributed by atoms with Crippen LogP contribution in [0, 0.1) is 0 Å². The van der Waals surface area contributed by atoms with Crippen LogP contribution in [0.1, 0.15) is 45.2 Å². The van der Waals surface area contributed by atoms with Gasteiger partial charge in [-0.25, -0.2) is 4.79 Å². The minimum absolute atomic E-state index is 0.00457. The lowest BCUT2D eigenvalue weighted by atomic mass is 9.97. The summed E-state index contributed by atoms with van der Waals surface area (Å²) >= 11 is 0. The summed E-state index contributed by atoms with van der Waals surface area (Å²) in [5.74, 6) is -1.29. The minimum atomic E-state index is -1.04. The van der Waals surface area contributed by atoms with Crippen LogP contribution < -0.4 is 5.32 Å². The third kappa shape index (κ3) is 3.81. The van der Waals surface area contributed by atoms with Crippen molar-refractivity contribution in [2.45, 2.75) is 25.0 Å². The highest BCUT2D eigenvalue weighted by molar-refractivity contribution is 5.97. The van der Waals surface area contributed by atoms with E-state index < -0.39 is 5.97 Å². The van der Waals surface area contributed by atoms with E-state index in [1.807, 2.05) is 30.3 Å². The standard InChI is InChI=1S/C19H19NO4/c21-18(14-7-4-8-15(11-14)19(22)23)20-16-9-10-24-17(12-16)13-5-2-1-3-6-13/h1-8,11,16-17H,9-10,12H2,(H,20,21)(H,22,23)/t16-,17+/m0/s1. The van der Waals surface area contributed by atoms with Crippen molar-refractivity contribution in [3.05, 3.63) is 71.3 Å². The number of ether oxygens (including phenoxy) is 1. The first-order valence-electron chi connectivity index (χ1n) is 7.94. The molecule has 1 heterocycles. The fourth-order valence-corrected chi connectivity index (χ4v) is 2.89. The monoisotopic (exact) mass is 325 g/mol. The zero-order valence-corrected chi connectivity index (χ0v) is 13.1. The molecule has 1 aliphatic rings. The van der Waals surface area contributed by atoms with Crippen LogP contribution >= 0.6 is 0 Å². The summed E-state index contributed by atoms with van der Waals surface area (Å²) in [5, 5.41) is 12.0. The molecular formula is C19H19NO4. The Labute approximate surface area is 140 Å². The predicted octanol–water partition coefficient (Wildman–Crippen LogP) is 3.03. The molecule has 124 valence electrons. The van der Waals surface area contributed by atoms with Crippen molar-refractivity contribution in [2.24, 2.45) is 0 Å². The van der Waals surface area contributed by atoms with E-state index in [9.17, 15) is 9.59 Å². The van der Waals surface area contributed by atoms with Crippen LogP contribution in [0.3, 0.4) is 0 Å². The average Bonchev–Trinajstić information content (AvgIpc) is 2.63. The Balaban J connectivity index is 1.66. The second-order valence-corrected chi connectivity index (χ2v) is 5.85. The average molecular weight is 325 g/mol. The molecule has 1 saturated heterocycles. The van der Waals surface area contributed by atoms with Gasteiger partial charge in [0.25, 0.3) is 5.91 Å². The number of benzene rings is 2. The largest absolute Gasteiger partial charge is 0.478 e. The molecule has 0 aliphatic carbocycles. The number of nitrogens with one attached hydrogen (secondary N) is 1. The Bertz CT molecular complexity index is 729. The van der Waals surface area contributed by atoms with Gasteiger partial charge in [0.05, 0.1) is 11.7 Å². The van der Waals surface area contributed by atoms with E-state index in [4.69, 9.17) is 9.84 Å². The smallest absolute Gasteiger partial charge is 0.335 e. The van der Waals surface area contributed by atoms with E-state index in [-0.39, 0.29) is 23.6 Å². The molecule has 0 bridgehead atoms. The molecule has 1 amide bonds. The number of carboxylic acid groups (broad SMARTS) is 1. The first kappa shape index (κ1) is 16.2. The lowest BCUT2D eigenvalue weighted by Crippen LogP contribution is -2.39. The summed E-state index contributed by atoms with van der Waals surface area (Å²) in [7, 11) is 0. The first-order chi connectivity index (χ1) is 11.6. The van der Waals surface area contributed by atoms with Crippen molar-refractivity contribution in [3.63, 3.8) is 0 Å². The lowest BCUT2D eigenvalue weighted by Gasteiger charge is -2.30. The molecule has 1 aliphatic heterocycles. The quantitative estimate of drug-likeness (QED) is 0.906. The summed E-state index contributed by atoms with van der Waals surface area (Å²) < 4.78 is 5.80. The first-order valence-corrected chi connectivity index (χ1v) is 7.94. The molecule has 0 aromatic heterocycles. The van der Waals surface area contributed by atoms with Gasteiger partial charge in [-0.15, -0.1) is 0 Å². The maximum atomic E-state index is 12.4. The van der Waals surface area contributed by atoms with Gasteiger partial charge in [-0.2, -0.15) is 0 Å². The van der Waals surface area contributed by atoms with Gasteiger partial charge in [-0.1, -0.05) is 36.4 Å². The minimum Gasteiger partial charge on any atom is -0.478 e. The highest BCUT2D eigenvalue weighted by Gasteiger charge is 2.25. The van der Waals surface area contributed by atoms with Crippen molar-refractivity contribution in [1.82, 2.24) is 5.32 Å². The van der Waals surface area contributed by atoms with Crippen LogP contribution in [0.4, 0.5) is 0 Å². The van der Waals surface area contributed by atoms with Gasteiger partial charge in [0.2, 0.25) is 0 Å². The Morgan fingerprint density at radius 2 is 1.79 bits per heavy atom. The van der Waals surface area contributed by atoms with Gasteiger partial charge in [0.1, 0.15) is 0 Å². The molecule has 24 heavy (non-hydrogen) atoms. The Morgan fingerprint density at radius 1 is 1.04 bits per heavy atom. The molecule has 2 N–H and O–H groups in total. The predicted molar refractivity (Wildman–Crippen MR) is 89.0 cm³/mol. The summed E-state index contributed by atoms with van der Waals surface area (Å²) in [6.45, 7) is 0.583. The zero-order valence-electron chi connectivity index (χ0n) is 13.1. The number of aromatic carboxylic acids is 1. The maximum absolute atomic E-state index is 12.4. The van der Waals surface area contributed by atoms with E-state index in [0.717, 1.165) is 12.0 Å². The number of hydrogen-bond acceptors (Lipinski definition) is 3. The molecule has 2 atom stereocenters. The molecule has 0 spiro atoms. The number of carbonyl (C=O) groups excluding carboxylic acids is 1. The molecule has 0 radical (unpaired) electrons. The SMILES string of the molecule is O=C(O)c1cccc(C(=O)N[C@H]2CCO[C@@H](c3ccccc3)C2)c1. The Hall–Kier alpha value is -2.66. The third-order valence-electron chi connectivity index (χ3n) is 4.16. The van der Waals surface area contributed by atoms with E-state index in [1.165, 1.54) is 12.1 Å². The number of carboxylic acids is 1. The van der Waals surface area contributed by atoms with Crippen LogP contribution in [-0.2, 0) is 4.74 Å². The second-order valence-electron chi connectivity index (χ2n) is 5.85. The number of hydrogen-bond donors (Lipinski definition) is 2. The van der Waals surface area contributed by atoms with E-state index >= 15 is 0 Å². The van der Waals surface area contributed by atoms with Crippen LogP contribution in [0.2, 0.25) is 0 Å². The van der Waals surface area contributed by atoms with Gasteiger partial charge >= 0.3 is 5.97 Å². The van der Waals surface area contributed by atoms with Gasteiger partial charge in [0.15, 0.2) is 0 Å². The van der Waals surface area contributed by atoms with E-state index in [1.54, 1.807) is 12.1 Å². The molecule has 5 heteroatoms. The highest BCUT2D eigenvalue weighted by Crippen LogP contribution is 2.28. The molecule has 3 rings (SSSR count). The molecule has 1 fully saturated rings. The van der Waals surface area contributed by atoms with E-state index in [2.05, 4.69) is 5.32 Å². The van der Waals surface area contributed by atoms with Crippen LogP contribution in [-0.4, -0.2) is 29.6 Å². The second kappa shape index (κ2) is 7.27. The normalized spacial score (nSPS) is 20.3. The highest BCUT2D eigenvalue weighted by atomic mass is 16.5. The summed E-state index contributed by atoms with van der Waals surface area (Å²) in [6.07, 6.45) is 1.41. The van der Waals surface area contributed by atoms with Gasteiger partial charge in [-0.3, -0.25) is 4.79 Å². The molecular weight excluding hydrogens is 306 g/mol.